The summed E-state index contributed by atoms with van der Waals surface area (Å²) in [7, 11) is 0. The molecular formula is C13H15F3N2. The molecule has 1 aliphatic carbocycles. The van der Waals surface area contributed by atoms with Crippen LogP contribution >= 0.6 is 0 Å². The Labute approximate surface area is 104 Å². The predicted molar refractivity (Wildman–Crippen MR) is 63.1 cm³/mol. The van der Waals surface area contributed by atoms with E-state index in [0.717, 1.165) is 31.2 Å². The van der Waals surface area contributed by atoms with E-state index >= 15 is 0 Å². The summed E-state index contributed by atoms with van der Waals surface area (Å²) in [4.78, 5) is 3.96. The Bertz CT molecular complexity index is 440. The molecule has 0 aliphatic heterocycles. The molecule has 1 aromatic heterocycles. The number of alkyl halides is 3. The van der Waals surface area contributed by atoms with E-state index in [1.165, 1.54) is 6.07 Å². The van der Waals surface area contributed by atoms with Crippen molar-refractivity contribution in [1.29, 1.82) is 0 Å². The molecule has 98 valence electrons. The number of pyridine rings is 1. The molecule has 0 saturated carbocycles. The minimum atomic E-state index is -4.33. The Morgan fingerprint density at radius 2 is 2.28 bits per heavy atom. The lowest BCUT2D eigenvalue weighted by Crippen LogP contribution is -2.26. The summed E-state index contributed by atoms with van der Waals surface area (Å²) >= 11 is 0. The van der Waals surface area contributed by atoms with E-state index in [0.29, 0.717) is 12.1 Å². The largest absolute Gasteiger partial charge is 0.417 e. The fraction of sp³-hybridized carbons (Fsp3) is 0.462. The summed E-state index contributed by atoms with van der Waals surface area (Å²) < 4.78 is 38.0. The van der Waals surface area contributed by atoms with Crippen molar-refractivity contribution in [2.75, 3.05) is 6.54 Å². The SMILES string of the molecule is C=CCN[C@@H]1CCCc2ncc(C(F)(F)F)cc21. The van der Waals surface area contributed by atoms with Gasteiger partial charge < -0.3 is 5.32 Å². The van der Waals surface area contributed by atoms with Crippen molar-refractivity contribution in [1.82, 2.24) is 10.3 Å². The zero-order valence-corrected chi connectivity index (χ0v) is 9.93. The van der Waals surface area contributed by atoms with Crippen LogP contribution in [0.15, 0.2) is 24.9 Å². The minimum absolute atomic E-state index is 0.0541. The highest BCUT2D eigenvalue weighted by Crippen LogP contribution is 2.34. The standard InChI is InChI=1S/C13H15F3N2/c1-2-6-17-11-4-3-5-12-10(11)7-9(8-18-12)13(14,15)16/h2,7-8,11,17H,1,3-6H2/t11-/m1/s1. The van der Waals surface area contributed by atoms with Crippen LogP contribution < -0.4 is 5.32 Å². The van der Waals surface area contributed by atoms with Crippen molar-refractivity contribution in [2.24, 2.45) is 0 Å². The second-order valence-corrected chi connectivity index (χ2v) is 4.40. The molecule has 1 aliphatic rings. The number of nitrogens with one attached hydrogen (secondary N) is 1. The number of hydrogen-bond acceptors (Lipinski definition) is 2. The third-order valence-electron chi connectivity index (χ3n) is 3.12. The zero-order chi connectivity index (χ0) is 13.2. The molecule has 2 nitrogen and oxygen atoms in total. The van der Waals surface area contributed by atoms with E-state index in [1.54, 1.807) is 6.08 Å². The van der Waals surface area contributed by atoms with Crippen LogP contribution in [0.3, 0.4) is 0 Å². The van der Waals surface area contributed by atoms with E-state index in [4.69, 9.17) is 0 Å². The Morgan fingerprint density at radius 3 is 2.94 bits per heavy atom. The van der Waals surface area contributed by atoms with Gasteiger partial charge in [-0.3, -0.25) is 4.98 Å². The smallest absolute Gasteiger partial charge is 0.306 e. The highest BCUT2D eigenvalue weighted by Gasteiger charge is 2.33. The molecule has 0 unspecified atom stereocenters. The van der Waals surface area contributed by atoms with Gasteiger partial charge in [0.15, 0.2) is 0 Å². The van der Waals surface area contributed by atoms with Gasteiger partial charge in [0.1, 0.15) is 0 Å². The van der Waals surface area contributed by atoms with Crippen LogP contribution in [0.4, 0.5) is 13.2 Å². The van der Waals surface area contributed by atoms with E-state index in [9.17, 15) is 13.2 Å². The predicted octanol–water partition coefficient (Wildman–Crippen LogP) is 3.25. The van der Waals surface area contributed by atoms with Crippen LogP contribution in [0.2, 0.25) is 0 Å². The molecule has 0 radical (unpaired) electrons. The first-order valence-electron chi connectivity index (χ1n) is 5.92. The summed E-state index contributed by atoms with van der Waals surface area (Å²) in [5.74, 6) is 0. The third kappa shape index (κ3) is 2.72. The number of halogens is 3. The van der Waals surface area contributed by atoms with Gasteiger partial charge >= 0.3 is 6.18 Å². The summed E-state index contributed by atoms with van der Waals surface area (Å²) in [5.41, 5.74) is 0.780. The number of rotatable bonds is 3. The molecule has 1 atom stereocenters. The lowest BCUT2D eigenvalue weighted by atomic mass is 9.90. The highest BCUT2D eigenvalue weighted by atomic mass is 19.4. The topological polar surface area (TPSA) is 24.9 Å². The van der Waals surface area contributed by atoms with Gasteiger partial charge in [-0.1, -0.05) is 6.08 Å². The van der Waals surface area contributed by atoms with Crippen LogP contribution in [0.25, 0.3) is 0 Å². The first kappa shape index (κ1) is 13.1. The quantitative estimate of drug-likeness (QED) is 0.840. The van der Waals surface area contributed by atoms with Crippen molar-refractivity contribution in [3.05, 3.63) is 41.7 Å². The van der Waals surface area contributed by atoms with Crippen LogP contribution in [-0.4, -0.2) is 11.5 Å². The molecule has 0 amide bonds. The van der Waals surface area contributed by atoms with Gasteiger partial charge in [-0.2, -0.15) is 13.2 Å². The molecule has 0 bridgehead atoms. The summed E-state index contributed by atoms with van der Waals surface area (Å²) in [6, 6.07) is 1.17. The van der Waals surface area contributed by atoms with Crippen LogP contribution in [0.1, 0.15) is 35.7 Å². The Hall–Kier alpha value is -1.36. The number of aromatic nitrogens is 1. The number of aryl methyl sites for hydroxylation is 1. The Kier molecular flexibility index (Phi) is 3.71. The van der Waals surface area contributed by atoms with Crippen LogP contribution in [0, 0.1) is 0 Å². The van der Waals surface area contributed by atoms with Crippen molar-refractivity contribution in [3.8, 4) is 0 Å². The first-order chi connectivity index (χ1) is 8.52. The van der Waals surface area contributed by atoms with Crippen molar-refractivity contribution < 1.29 is 13.2 Å². The van der Waals surface area contributed by atoms with Crippen LogP contribution in [-0.2, 0) is 12.6 Å². The summed E-state index contributed by atoms with van der Waals surface area (Å²) in [6.07, 6.45) is 0.830. The average Bonchev–Trinajstić information content (AvgIpc) is 2.34. The highest BCUT2D eigenvalue weighted by molar-refractivity contribution is 5.31. The maximum atomic E-state index is 12.7. The van der Waals surface area contributed by atoms with E-state index in [-0.39, 0.29) is 6.04 Å². The summed E-state index contributed by atoms with van der Waals surface area (Å²) in [6.45, 7) is 4.18. The average molecular weight is 256 g/mol. The normalized spacial score (nSPS) is 19.4. The lowest BCUT2D eigenvalue weighted by molar-refractivity contribution is -0.137. The number of fused-ring (bicyclic) bond motifs is 1. The monoisotopic (exact) mass is 256 g/mol. The second-order valence-electron chi connectivity index (χ2n) is 4.40. The maximum Gasteiger partial charge on any atom is 0.417 e. The Balaban J connectivity index is 2.32. The minimum Gasteiger partial charge on any atom is -0.306 e. The molecule has 1 aromatic rings. The zero-order valence-electron chi connectivity index (χ0n) is 9.93. The van der Waals surface area contributed by atoms with Crippen molar-refractivity contribution in [2.45, 2.75) is 31.5 Å². The van der Waals surface area contributed by atoms with Crippen molar-refractivity contribution >= 4 is 0 Å². The van der Waals surface area contributed by atoms with E-state index in [1.807, 2.05) is 0 Å². The molecule has 1 N–H and O–H groups in total. The summed E-state index contributed by atoms with van der Waals surface area (Å²) in [5, 5.41) is 3.18. The molecule has 0 spiro atoms. The van der Waals surface area contributed by atoms with E-state index in [2.05, 4.69) is 16.9 Å². The first-order valence-corrected chi connectivity index (χ1v) is 5.92. The third-order valence-corrected chi connectivity index (χ3v) is 3.12. The molecule has 2 rings (SSSR count). The fourth-order valence-corrected chi connectivity index (χ4v) is 2.24. The van der Waals surface area contributed by atoms with Crippen molar-refractivity contribution in [3.63, 3.8) is 0 Å². The molecule has 0 fully saturated rings. The van der Waals surface area contributed by atoms with Gasteiger partial charge in [-0.15, -0.1) is 6.58 Å². The molecule has 0 saturated heterocycles. The van der Waals surface area contributed by atoms with Gasteiger partial charge in [0.05, 0.1) is 5.56 Å². The van der Waals surface area contributed by atoms with Crippen LogP contribution in [0.5, 0.6) is 0 Å². The van der Waals surface area contributed by atoms with Gasteiger partial charge in [0.2, 0.25) is 0 Å². The molecule has 0 aromatic carbocycles. The Morgan fingerprint density at radius 1 is 1.50 bits per heavy atom. The van der Waals surface area contributed by atoms with E-state index < -0.39 is 11.7 Å². The molecule has 18 heavy (non-hydrogen) atoms. The van der Waals surface area contributed by atoms with Gasteiger partial charge in [0.25, 0.3) is 0 Å². The number of nitrogens with zero attached hydrogens (tertiary/aromatic N) is 1. The number of hydrogen-bond donors (Lipinski definition) is 1. The molecular weight excluding hydrogens is 241 g/mol. The molecule has 5 heteroatoms. The van der Waals surface area contributed by atoms with Gasteiger partial charge in [0, 0.05) is 24.5 Å². The maximum absolute atomic E-state index is 12.7. The fourth-order valence-electron chi connectivity index (χ4n) is 2.24. The lowest BCUT2D eigenvalue weighted by Gasteiger charge is -2.26. The van der Waals surface area contributed by atoms with Gasteiger partial charge in [-0.25, -0.2) is 0 Å². The second kappa shape index (κ2) is 5.10. The van der Waals surface area contributed by atoms with Gasteiger partial charge in [-0.05, 0) is 30.9 Å². The molecule has 1 heterocycles.